The van der Waals surface area contributed by atoms with Crippen molar-refractivity contribution in [2.75, 3.05) is 20.0 Å². The van der Waals surface area contributed by atoms with E-state index in [0.717, 1.165) is 9.13 Å². The van der Waals surface area contributed by atoms with Gasteiger partial charge < -0.3 is 15.2 Å². The molecule has 0 radical (unpaired) electrons. The molecule has 118 valence electrons. The molecule has 0 saturated heterocycles. The van der Waals surface area contributed by atoms with Crippen molar-refractivity contribution in [2.24, 2.45) is 0 Å². The Morgan fingerprint density at radius 2 is 2.05 bits per heavy atom. The van der Waals surface area contributed by atoms with Crippen LogP contribution < -0.4 is 20.8 Å². The summed E-state index contributed by atoms with van der Waals surface area (Å²) in [5, 5.41) is 0. The SMILES string of the molecule is CCc1nc(N)[nH]c(=O)c1Cc1cc(I)c(OC)c(OC)c1. The van der Waals surface area contributed by atoms with E-state index < -0.39 is 0 Å². The lowest BCUT2D eigenvalue weighted by Crippen LogP contribution is -2.20. The van der Waals surface area contributed by atoms with Crippen molar-refractivity contribution in [3.8, 4) is 11.5 Å². The number of hydrogen-bond donors (Lipinski definition) is 2. The highest BCUT2D eigenvalue weighted by molar-refractivity contribution is 14.1. The van der Waals surface area contributed by atoms with Crippen molar-refractivity contribution >= 4 is 28.5 Å². The molecule has 0 spiro atoms. The van der Waals surface area contributed by atoms with Crippen molar-refractivity contribution in [1.82, 2.24) is 9.97 Å². The molecule has 1 heterocycles. The maximum Gasteiger partial charge on any atom is 0.256 e. The monoisotopic (exact) mass is 415 g/mol. The number of nitrogens with one attached hydrogen (secondary N) is 1. The highest BCUT2D eigenvalue weighted by atomic mass is 127. The molecular weight excluding hydrogens is 397 g/mol. The van der Waals surface area contributed by atoms with E-state index in [1.807, 2.05) is 19.1 Å². The highest BCUT2D eigenvalue weighted by Crippen LogP contribution is 2.34. The molecule has 1 aromatic heterocycles. The van der Waals surface area contributed by atoms with Gasteiger partial charge in [-0.2, -0.15) is 0 Å². The quantitative estimate of drug-likeness (QED) is 0.731. The Morgan fingerprint density at radius 3 is 2.64 bits per heavy atom. The molecule has 1 aromatic carbocycles. The highest BCUT2D eigenvalue weighted by Gasteiger charge is 2.14. The summed E-state index contributed by atoms with van der Waals surface area (Å²) in [6, 6.07) is 3.84. The summed E-state index contributed by atoms with van der Waals surface area (Å²) in [5.74, 6) is 1.47. The molecular formula is C15H18IN3O3. The Morgan fingerprint density at radius 1 is 1.32 bits per heavy atom. The molecule has 2 aromatic rings. The average molecular weight is 415 g/mol. The zero-order valence-corrected chi connectivity index (χ0v) is 14.9. The Bertz CT molecular complexity index is 744. The fourth-order valence-electron chi connectivity index (χ4n) is 2.32. The molecule has 6 nitrogen and oxygen atoms in total. The molecule has 3 N–H and O–H groups in total. The molecule has 0 unspecified atom stereocenters. The lowest BCUT2D eigenvalue weighted by molar-refractivity contribution is 0.352. The summed E-state index contributed by atoms with van der Waals surface area (Å²) in [7, 11) is 3.19. The van der Waals surface area contributed by atoms with Gasteiger partial charge in [0.05, 0.1) is 23.5 Å². The largest absolute Gasteiger partial charge is 0.493 e. The Labute approximate surface area is 142 Å². The number of aromatic amines is 1. The normalized spacial score (nSPS) is 10.5. The topological polar surface area (TPSA) is 90.2 Å². The van der Waals surface area contributed by atoms with Gasteiger partial charge in [-0.15, -0.1) is 0 Å². The van der Waals surface area contributed by atoms with Gasteiger partial charge in [0.15, 0.2) is 11.5 Å². The summed E-state index contributed by atoms with van der Waals surface area (Å²) in [5.41, 5.74) is 7.69. The predicted molar refractivity (Wildman–Crippen MR) is 93.7 cm³/mol. The standard InChI is InChI=1S/C15H18IN3O3/c1-4-11-9(14(20)19-15(17)18-11)5-8-6-10(16)13(22-3)12(7-8)21-2/h6-7H,4-5H2,1-3H3,(H3,17,18,19,20). The van der Waals surface area contributed by atoms with Crippen molar-refractivity contribution in [2.45, 2.75) is 19.8 Å². The molecule has 0 atom stereocenters. The van der Waals surface area contributed by atoms with Gasteiger partial charge in [-0.05, 0) is 46.7 Å². The zero-order valence-electron chi connectivity index (χ0n) is 12.7. The van der Waals surface area contributed by atoms with Crippen molar-refractivity contribution in [1.29, 1.82) is 0 Å². The number of hydrogen-bond acceptors (Lipinski definition) is 5. The third kappa shape index (κ3) is 3.34. The fraction of sp³-hybridized carbons (Fsp3) is 0.333. The molecule has 0 fully saturated rings. The van der Waals surface area contributed by atoms with Crippen LogP contribution in [0.1, 0.15) is 23.7 Å². The first-order valence-corrected chi connectivity index (χ1v) is 7.85. The summed E-state index contributed by atoms with van der Waals surface area (Å²) in [4.78, 5) is 18.9. The van der Waals surface area contributed by atoms with Gasteiger partial charge in [0.1, 0.15) is 0 Å². The van der Waals surface area contributed by atoms with Crippen LogP contribution in [-0.4, -0.2) is 24.2 Å². The molecule has 7 heteroatoms. The lowest BCUT2D eigenvalue weighted by atomic mass is 10.0. The van der Waals surface area contributed by atoms with Crippen molar-refractivity contribution in [3.05, 3.63) is 42.9 Å². The second-order valence-electron chi connectivity index (χ2n) is 4.72. The number of halogens is 1. The number of aryl methyl sites for hydroxylation is 1. The third-order valence-electron chi connectivity index (χ3n) is 3.33. The van der Waals surface area contributed by atoms with Crippen LogP contribution in [0, 0.1) is 3.57 Å². The number of benzene rings is 1. The molecule has 0 aliphatic rings. The van der Waals surface area contributed by atoms with E-state index >= 15 is 0 Å². The summed E-state index contributed by atoms with van der Waals surface area (Å²) >= 11 is 2.18. The minimum absolute atomic E-state index is 0.146. The fourth-order valence-corrected chi connectivity index (χ4v) is 3.20. The second-order valence-corrected chi connectivity index (χ2v) is 5.88. The number of methoxy groups -OCH3 is 2. The molecule has 0 aliphatic carbocycles. The van der Waals surface area contributed by atoms with Crippen LogP contribution in [0.4, 0.5) is 5.95 Å². The maximum atomic E-state index is 12.2. The van der Waals surface area contributed by atoms with Crippen molar-refractivity contribution < 1.29 is 9.47 Å². The first-order valence-electron chi connectivity index (χ1n) is 6.78. The average Bonchev–Trinajstić information content (AvgIpc) is 2.48. The lowest BCUT2D eigenvalue weighted by Gasteiger charge is -2.13. The van der Waals surface area contributed by atoms with E-state index in [1.54, 1.807) is 14.2 Å². The molecule has 22 heavy (non-hydrogen) atoms. The first-order chi connectivity index (χ1) is 10.5. The number of aromatic nitrogens is 2. The summed E-state index contributed by atoms with van der Waals surface area (Å²) in [6.07, 6.45) is 1.11. The Hall–Kier alpha value is -1.77. The number of nitrogen functional groups attached to an aromatic ring is 1. The number of anilines is 1. The van der Waals surface area contributed by atoms with E-state index in [4.69, 9.17) is 15.2 Å². The van der Waals surface area contributed by atoms with Crippen LogP contribution in [0.25, 0.3) is 0 Å². The summed E-state index contributed by atoms with van der Waals surface area (Å²) in [6.45, 7) is 1.95. The van der Waals surface area contributed by atoms with Gasteiger partial charge in [0.25, 0.3) is 5.56 Å². The summed E-state index contributed by atoms with van der Waals surface area (Å²) < 4.78 is 11.6. The Balaban J connectivity index is 2.48. The second kappa shape index (κ2) is 6.99. The number of nitrogens with zero attached hydrogens (tertiary/aromatic N) is 1. The van der Waals surface area contributed by atoms with Gasteiger partial charge in [0, 0.05) is 12.0 Å². The van der Waals surface area contributed by atoms with Crippen LogP contribution >= 0.6 is 22.6 Å². The number of rotatable bonds is 5. The van der Waals surface area contributed by atoms with Gasteiger partial charge in [-0.3, -0.25) is 9.78 Å². The van der Waals surface area contributed by atoms with Crippen molar-refractivity contribution in [3.63, 3.8) is 0 Å². The van der Waals surface area contributed by atoms with Crippen LogP contribution in [0.3, 0.4) is 0 Å². The maximum absolute atomic E-state index is 12.2. The number of nitrogens with two attached hydrogens (primary N) is 1. The molecule has 0 amide bonds. The predicted octanol–water partition coefficient (Wildman–Crippen LogP) is 2.13. The van der Waals surface area contributed by atoms with Gasteiger partial charge >= 0.3 is 0 Å². The molecule has 0 aliphatic heterocycles. The molecule has 0 bridgehead atoms. The van der Waals surface area contributed by atoms with Crippen LogP contribution in [0.15, 0.2) is 16.9 Å². The number of ether oxygens (including phenoxy) is 2. The van der Waals surface area contributed by atoms with Gasteiger partial charge in [0.2, 0.25) is 5.95 Å². The number of H-pyrrole nitrogens is 1. The van der Waals surface area contributed by atoms with E-state index in [0.29, 0.717) is 35.6 Å². The van der Waals surface area contributed by atoms with Crippen LogP contribution in [-0.2, 0) is 12.8 Å². The molecule has 0 saturated carbocycles. The van der Waals surface area contributed by atoms with E-state index in [9.17, 15) is 4.79 Å². The Kier molecular flexibility index (Phi) is 5.28. The van der Waals surface area contributed by atoms with Crippen LogP contribution in [0.5, 0.6) is 11.5 Å². The molecule has 2 rings (SSSR count). The zero-order chi connectivity index (χ0) is 16.3. The van der Waals surface area contributed by atoms with Gasteiger partial charge in [-0.25, -0.2) is 4.98 Å². The third-order valence-corrected chi connectivity index (χ3v) is 4.13. The van der Waals surface area contributed by atoms with Gasteiger partial charge in [-0.1, -0.05) is 6.92 Å². The van der Waals surface area contributed by atoms with E-state index in [1.165, 1.54) is 0 Å². The van der Waals surface area contributed by atoms with E-state index in [2.05, 4.69) is 32.6 Å². The first kappa shape index (κ1) is 16.6. The smallest absolute Gasteiger partial charge is 0.256 e. The van der Waals surface area contributed by atoms with E-state index in [-0.39, 0.29) is 11.5 Å². The minimum atomic E-state index is -0.200. The minimum Gasteiger partial charge on any atom is -0.493 e. The van der Waals surface area contributed by atoms with Crippen LogP contribution in [0.2, 0.25) is 0 Å².